The minimum atomic E-state index is -0.657. The number of Topliss-reactive ketones (excluding diaryl/α,β-unsaturated/α-hetero) is 1. The van der Waals surface area contributed by atoms with Gasteiger partial charge in [-0.05, 0) is 17.5 Å². The Morgan fingerprint density at radius 1 is 1.16 bits per heavy atom. The van der Waals surface area contributed by atoms with Gasteiger partial charge in [-0.3, -0.25) is 14.6 Å². The Kier molecular flexibility index (Phi) is 4.65. The van der Waals surface area contributed by atoms with E-state index in [1.54, 1.807) is 42.7 Å². The molecule has 2 aromatic rings. The molecule has 0 radical (unpaired) electrons. The highest BCUT2D eigenvalue weighted by Crippen LogP contribution is 2.39. The third-order valence-corrected chi connectivity index (χ3v) is 4.15. The van der Waals surface area contributed by atoms with E-state index in [-0.39, 0.29) is 17.3 Å². The van der Waals surface area contributed by atoms with E-state index < -0.39 is 17.7 Å². The minimum absolute atomic E-state index is 0.116. The van der Waals surface area contributed by atoms with Crippen LogP contribution in [0.15, 0.2) is 60.4 Å². The topological polar surface area (TPSA) is 70.5 Å². The standard InChI is InChI=1S/C20H20N2O3/c1-13(2)12-22-17(15-9-6-10-21-11-15)16(19(24)20(22)25)18(23)14-7-4-3-5-8-14/h3-11,13,17,23H,12H2,1-2H3/t17-/m0/s1. The Morgan fingerprint density at radius 2 is 1.88 bits per heavy atom. The van der Waals surface area contributed by atoms with Crippen molar-refractivity contribution in [2.24, 2.45) is 5.92 Å². The Bertz CT molecular complexity index is 813. The molecule has 0 unspecified atom stereocenters. The van der Waals surface area contributed by atoms with Gasteiger partial charge >= 0.3 is 0 Å². The maximum Gasteiger partial charge on any atom is 0.295 e. The van der Waals surface area contributed by atoms with Gasteiger partial charge in [-0.15, -0.1) is 0 Å². The van der Waals surface area contributed by atoms with Gasteiger partial charge in [0.15, 0.2) is 0 Å². The average Bonchev–Trinajstić information content (AvgIpc) is 2.87. The quantitative estimate of drug-likeness (QED) is 0.529. The fourth-order valence-corrected chi connectivity index (χ4v) is 3.10. The number of ketones is 1. The average molecular weight is 336 g/mol. The second-order valence-electron chi connectivity index (χ2n) is 6.50. The molecule has 1 atom stereocenters. The third kappa shape index (κ3) is 3.18. The summed E-state index contributed by atoms with van der Waals surface area (Å²) >= 11 is 0. The molecule has 1 aromatic heterocycles. The van der Waals surface area contributed by atoms with Gasteiger partial charge in [0.25, 0.3) is 11.7 Å². The van der Waals surface area contributed by atoms with E-state index in [9.17, 15) is 14.7 Å². The van der Waals surface area contributed by atoms with Crippen LogP contribution < -0.4 is 0 Å². The lowest BCUT2D eigenvalue weighted by molar-refractivity contribution is -0.140. The van der Waals surface area contributed by atoms with Crippen LogP contribution in [-0.4, -0.2) is 33.2 Å². The van der Waals surface area contributed by atoms with Crippen molar-refractivity contribution < 1.29 is 14.7 Å². The van der Waals surface area contributed by atoms with Gasteiger partial charge in [0.1, 0.15) is 5.76 Å². The highest BCUT2D eigenvalue weighted by Gasteiger charge is 2.46. The Balaban J connectivity index is 2.18. The highest BCUT2D eigenvalue weighted by atomic mass is 16.3. The normalized spacial score (nSPS) is 19.6. The van der Waals surface area contributed by atoms with Crippen molar-refractivity contribution in [3.05, 3.63) is 71.6 Å². The van der Waals surface area contributed by atoms with Gasteiger partial charge in [-0.2, -0.15) is 0 Å². The summed E-state index contributed by atoms with van der Waals surface area (Å²) in [5.74, 6) is -1.20. The van der Waals surface area contributed by atoms with Crippen LogP contribution in [0.3, 0.4) is 0 Å². The van der Waals surface area contributed by atoms with E-state index in [4.69, 9.17) is 0 Å². The molecule has 128 valence electrons. The molecule has 0 spiro atoms. The molecule has 1 amide bonds. The number of likely N-dealkylation sites (tertiary alicyclic amines) is 1. The SMILES string of the molecule is CC(C)CN1C(=O)C(=O)C(=C(O)c2ccccc2)[C@@H]1c1cccnc1. The van der Waals surface area contributed by atoms with E-state index in [1.165, 1.54) is 4.90 Å². The molecule has 1 saturated heterocycles. The molecule has 0 saturated carbocycles. The predicted molar refractivity (Wildman–Crippen MR) is 94.5 cm³/mol. The summed E-state index contributed by atoms with van der Waals surface area (Å²) < 4.78 is 0. The smallest absolute Gasteiger partial charge is 0.295 e. The zero-order chi connectivity index (χ0) is 18.0. The number of hydrogen-bond donors (Lipinski definition) is 1. The van der Waals surface area contributed by atoms with Gasteiger partial charge in [-0.1, -0.05) is 50.2 Å². The largest absolute Gasteiger partial charge is 0.507 e. The molecule has 0 bridgehead atoms. The number of aliphatic hydroxyl groups is 1. The molecule has 1 N–H and O–H groups in total. The Hall–Kier alpha value is -2.95. The summed E-state index contributed by atoms with van der Waals surface area (Å²) in [4.78, 5) is 30.9. The number of pyridine rings is 1. The summed E-state index contributed by atoms with van der Waals surface area (Å²) in [6, 6.07) is 11.7. The fraction of sp³-hybridized carbons (Fsp3) is 0.250. The third-order valence-electron chi connectivity index (χ3n) is 4.15. The van der Waals surface area contributed by atoms with Crippen LogP contribution in [0.5, 0.6) is 0 Å². The van der Waals surface area contributed by atoms with Crippen molar-refractivity contribution in [2.45, 2.75) is 19.9 Å². The maximum absolute atomic E-state index is 12.7. The minimum Gasteiger partial charge on any atom is -0.507 e. The number of aliphatic hydroxyl groups excluding tert-OH is 1. The molecule has 1 aliphatic heterocycles. The van der Waals surface area contributed by atoms with Crippen molar-refractivity contribution in [3.8, 4) is 0 Å². The summed E-state index contributed by atoms with van der Waals surface area (Å²) in [6.45, 7) is 4.39. The monoisotopic (exact) mass is 336 g/mol. The fourth-order valence-electron chi connectivity index (χ4n) is 3.10. The van der Waals surface area contributed by atoms with E-state index in [0.29, 0.717) is 17.7 Å². The first-order chi connectivity index (χ1) is 12.0. The van der Waals surface area contributed by atoms with Crippen molar-refractivity contribution in [1.82, 2.24) is 9.88 Å². The Labute approximate surface area is 146 Å². The summed E-state index contributed by atoms with van der Waals surface area (Å²) in [5, 5.41) is 10.8. The van der Waals surface area contributed by atoms with E-state index >= 15 is 0 Å². The van der Waals surface area contributed by atoms with Crippen LogP contribution in [0, 0.1) is 5.92 Å². The number of benzene rings is 1. The van der Waals surface area contributed by atoms with Crippen molar-refractivity contribution >= 4 is 17.4 Å². The van der Waals surface area contributed by atoms with E-state index in [1.807, 2.05) is 26.0 Å². The van der Waals surface area contributed by atoms with Gasteiger partial charge in [0, 0.05) is 24.5 Å². The van der Waals surface area contributed by atoms with Crippen LogP contribution >= 0.6 is 0 Å². The number of rotatable bonds is 4. The molecule has 3 rings (SSSR count). The number of aromatic nitrogens is 1. The van der Waals surface area contributed by atoms with Crippen LogP contribution in [0.1, 0.15) is 31.0 Å². The van der Waals surface area contributed by atoms with Crippen LogP contribution in [0.25, 0.3) is 5.76 Å². The first-order valence-electron chi connectivity index (χ1n) is 8.24. The molecule has 1 aromatic carbocycles. The van der Waals surface area contributed by atoms with Gasteiger partial charge in [-0.25, -0.2) is 0 Å². The zero-order valence-corrected chi connectivity index (χ0v) is 14.2. The van der Waals surface area contributed by atoms with Crippen molar-refractivity contribution in [1.29, 1.82) is 0 Å². The summed E-state index contributed by atoms with van der Waals surface area (Å²) in [5.41, 5.74) is 1.34. The van der Waals surface area contributed by atoms with Gasteiger partial charge < -0.3 is 10.0 Å². The zero-order valence-electron chi connectivity index (χ0n) is 14.2. The van der Waals surface area contributed by atoms with Crippen LogP contribution in [0.2, 0.25) is 0 Å². The lowest BCUT2D eigenvalue weighted by atomic mass is 9.96. The summed E-state index contributed by atoms with van der Waals surface area (Å²) in [6.07, 6.45) is 3.26. The summed E-state index contributed by atoms with van der Waals surface area (Å²) in [7, 11) is 0. The maximum atomic E-state index is 12.7. The molecular formula is C20H20N2O3. The first-order valence-corrected chi connectivity index (χ1v) is 8.24. The van der Waals surface area contributed by atoms with Crippen LogP contribution in [-0.2, 0) is 9.59 Å². The van der Waals surface area contributed by atoms with Gasteiger partial charge in [0.05, 0.1) is 11.6 Å². The first kappa shape index (κ1) is 16.9. The predicted octanol–water partition coefficient (Wildman–Crippen LogP) is 3.16. The molecule has 1 aliphatic rings. The Morgan fingerprint density at radius 3 is 2.48 bits per heavy atom. The molecule has 1 fully saturated rings. The molecule has 2 heterocycles. The highest BCUT2D eigenvalue weighted by molar-refractivity contribution is 6.46. The number of hydrogen-bond acceptors (Lipinski definition) is 4. The molecular weight excluding hydrogens is 316 g/mol. The second kappa shape index (κ2) is 6.89. The number of nitrogens with zero attached hydrogens (tertiary/aromatic N) is 2. The number of carbonyl (C=O) groups excluding carboxylic acids is 2. The lowest BCUT2D eigenvalue weighted by Gasteiger charge is -2.26. The molecule has 25 heavy (non-hydrogen) atoms. The van der Waals surface area contributed by atoms with E-state index in [2.05, 4.69) is 4.98 Å². The van der Waals surface area contributed by atoms with Crippen molar-refractivity contribution in [2.75, 3.05) is 6.54 Å². The van der Waals surface area contributed by atoms with Gasteiger partial charge in [0.2, 0.25) is 0 Å². The van der Waals surface area contributed by atoms with Crippen LogP contribution in [0.4, 0.5) is 0 Å². The number of carbonyl (C=O) groups is 2. The molecule has 0 aliphatic carbocycles. The lowest BCUT2D eigenvalue weighted by Crippen LogP contribution is -2.33. The molecule has 5 nitrogen and oxygen atoms in total. The molecule has 5 heteroatoms. The van der Waals surface area contributed by atoms with E-state index in [0.717, 1.165) is 0 Å². The number of amides is 1. The second-order valence-corrected chi connectivity index (χ2v) is 6.50. The van der Waals surface area contributed by atoms with Crippen molar-refractivity contribution in [3.63, 3.8) is 0 Å².